The van der Waals surface area contributed by atoms with Crippen molar-refractivity contribution in [2.24, 2.45) is 0 Å². The van der Waals surface area contributed by atoms with E-state index in [1.54, 1.807) is 31.2 Å². The molecule has 7 nitrogen and oxygen atoms in total. The van der Waals surface area contributed by atoms with E-state index in [1.165, 1.54) is 6.08 Å². The third-order valence-electron chi connectivity index (χ3n) is 4.41. The molecule has 152 valence electrons. The summed E-state index contributed by atoms with van der Waals surface area (Å²) in [7, 11) is 0. The maximum Gasteiger partial charge on any atom is 0.279 e. The maximum absolute atomic E-state index is 12.2. The smallest absolute Gasteiger partial charge is 0.279 e. The third kappa shape index (κ3) is 5.00. The summed E-state index contributed by atoms with van der Waals surface area (Å²) in [5.41, 5.74) is 7.34. The molecule has 1 heterocycles. The average molecular weight is 417 g/mol. The zero-order chi connectivity index (χ0) is 21.0. The molecule has 29 heavy (non-hydrogen) atoms. The first kappa shape index (κ1) is 20.5. The molecule has 0 bridgehead atoms. The zero-order valence-electron chi connectivity index (χ0n) is 16.2. The summed E-state index contributed by atoms with van der Waals surface area (Å²) in [6.07, 6.45) is 2.03. The normalized spacial score (nSPS) is 13.2. The topological polar surface area (TPSA) is 85.9 Å². The molecule has 2 aromatic carbocycles. The molecule has 2 N–H and O–H groups in total. The van der Waals surface area contributed by atoms with Crippen LogP contribution in [0.15, 0.2) is 36.4 Å². The van der Waals surface area contributed by atoms with E-state index in [0.29, 0.717) is 27.8 Å². The van der Waals surface area contributed by atoms with Crippen molar-refractivity contribution in [3.05, 3.63) is 58.1 Å². The molecule has 8 heteroatoms. The summed E-state index contributed by atoms with van der Waals surface area (Å²) in [5.74, 6) is 0.644. The van der Waals surface area contributed by atoms with E-state index in [1.807, 2.05) is 26.0 Å². The van der Waals surface area contributed by atoms with Crippen molar-refractivity contribution in [3.63, 3.8) is 0 Å². The van der Waals surface area contributed by atoms with E-state index in [0.717, 1.165) is 11.1 Å². The molecule has 0 fully saturated rings. The lowest BCUT2D eigenvalue weighted by Gasteiger charge is -2.17. The number of amides is 2. The van der Waals surface area contributed by atoms with Crippen LogP contribution in [0.2, 0.25) is 5.02 Å². The number of benzene rings is 2. The van der Waals surface area contributed by atoms with Gasteiger partial charge < -0.3 is 14.2 Å². The van der Waals surface area contributed by atoms with Gasteiger partial charge in [-0.2, -0.15) is 0 Å². The highest BCUT2D eigenvalue weighted by atomic mass is 35.5. The van der Waals surface area contributed by atoms with Crippen LogP contribution in [0, 0.1) is 13.8 Å². The van der Waals surface area contributed by atoms with Crippen LogP contribution in [0.25, 0.3) is 6.08 Å². The lowest BCUT2D eigenvalue weighted by atomic mass is 10.1. The minimum Gasteiger partial charge on any atom is -0.481 e. The van der Waals surface area contributed by atoms with Gasteiger partial charge in [-0.05, 0) is 61.7 Å². The van der Waals surface area contributed by atoms with E-state index in [2.05, 4.69) is 10.9 Å². The number of halogens is 1. The van der Waals surface area contributed by atoms with Crippen molar-refractivity contribution in [3.8, 4) is 17.2 Å². The third-order valence-corrected chi connectivity index (χ3v) is 4.69. The summed E-state index contributed by atoms with van der Waals surface area (Å²) in [6.45, 7) is 5.60. The minimum atomic E-state index is -0.785. The van der Waals surface area contributed by atoms with Gasteiger partial charge >= 0.3 is 0 Å². The Labute approximate surface area is 173 Å². The molecule has 2 amide bonds. The highest BCUT2D eigenvalue weighted by Crippen LogP contribution is 2.40. The summed E-state index contributed by atoms with van der Waals surface area (Å²) < 4.78 is 16.2. The second kappa shape index (κ2) is 8.87. The van der Waals surface area contributed by atoms with Crippen LogP contribution in [0.1, 0.15) is 23.6 Å². The molecule has 0 saturated carbocycles. The Kier molecular flexibility index (Phi) is 6.29. The van der Waals surface area contributed by atoms with Crippen LogP contribution in [-0.2, 0) is 9.59 Å². The molecular formula is C21H21ClN2O5. The van der Waals surface area contributed by atoms with E-state index >= 15 is 0 Å². The van der Waals surface area contributed by atoms with E-state index in [9.17, 15) is 9.59 Å². The Hall–Kier alpha value is -3.19. The van der Waals surface area contributed by atoms with E-state index in [-0.39, 0.29) is 6.79 Å². The molecule has 0 aliphatic carbocycles. The van der Waals surface area contributed by atoms with Crippen LogP contribution in [0.5, 0.6) is 17.2 Å². The van der Waals surface area contributed by atoms with Crippen LogP contribution in [0.3, 0.4) is 0 Å². The molecule has 1 aliphatic rings. The lowest BCUT2D eigenvalue weighted by molar-refractivity contribution is -0.131. The number of hydrazine groups is 1. The Bertz CT molecular complexity index is 974. The molecule has 3 rings (SSSR count). The van der Waals surface area contributed by atoms with Gasteiger partial charge in [0, 0.05) is 6.08 Å². The molecule has 1 aliphatic heterocycles. The fourth-order valence-corrected chi connectivity index (χ4v) is 2.89. The number of aryl methyl sites for hydroxylation is 1. The molecule has 0 spiro atoms. The highest BCUT2D eigenvalue weighted by molar-refractivity contribution is 6.32. The molecule has 1 unspecified atom stereocenters. The standard InChI is InChI=1S/C21H21ClN2O5/c1-12-5-4-6-17(13(12)2)29-14(3)21(26)24-23-19(25)8-7-15-9-16(22)20-18(10-15)27-11-28-20/h4-10,14H,11H2,1-3H3,(H,23,25)(H,24,26)/b8-7+. The van der Waals surface area contributed by atoms with Gasteiger partial charge in [0.15, 0.2) is 17.6 Å². The fourth-order valence-electron chi connectivity index (χ4n) is 2.62. The van der Waals surface area contributed by atoms with Crippen LogP contribution >= 0.6 is 11.6 Å². The molecule has 0 saturated heterocycles. The first-order valence-electron chi connectivity index (χ1n) is 8.95. The van der Waals surface area contributed by atoms with Crippen LogP contribution in [0.4, 0.5) is 0 Å². The molecule has 0 aromatic heterocycles. The Morgan fingerprint density at radius 1 is 1.21 bits per heavy atom. The SMILES string of the molecule is Cc1cccc(OC(C)C(=O)NNC(=O)/C=C/c2cc(Cl)c3c(c2)OCO3)c1C. The lowest BCUT2D eigenvalue weighted by Crippen LogP contribution is -2.46. The van der Waals surface area contributed by atoms with Gasteiger partial charge in [-0.15, -0.1) is 0 Å². The quantitative estimate of drug-likeness (QED) is 0.577. The monoisotopic (exact) mass is 416 g/mol. The number of nitrogens with one attached hydrogen (secondary N) is 2. The first-order chi connectivity index (χ1) is 13.8. The van der Waals surface area contributed by atoms with Gasteiger partial charge in [-0.1, -0.05) is 23.7 Å². The Morgan fingerprint density at radius 2 is 2.00 bits per heavy atom. The van der Waals surface area contributed by atoms with Gasteiger partial charge in [0.2, 0.25) is 6.79 Å². The largest absolute Gasteiger partial charge is 0.481 e. The predicted octanol–water partition coefficient (Wildman–Crippen LogP) is 3.31. The molecular weight excluding hydrogens is 396 g/mol. The van der Waals surface area contributed by atoms with Gasteiger partial charge in [-0.25, -0.2) is 0 Å². The summed E-state index contributed by atoms with van der Waals surface area (Å²) >= 11 is 6.10. The van der Waals surface area contributed by atoms with E-state index < -0.39 is 17.9 Å². The fraction of sp³-hybridized carbons (Fsp3) is 0.238. The van der Waals surface area contributed by atoms with Crippen molar-refractivity contribution in [2.75, 3.05) is 6.79 Å². The molecule has 2 aromatic rings. The maximum atomic E-state index is 12.2. The number of fused-ring (bicyclic) bond motifs is 1. The van der Waals surface area contributed by atoms with Gasteiger partial charge in [0.1, 0.15) is 5.75 Å². The Morgan fingerprint density at radius 3 is 2.79 bits per heavy atom. The van der Waals surface area contributed by atoms with Crippen molar-refractivity contribution in [1.82, 2.24) is 10.9 Å². The molecule has 1 atom stereocenters. The van der Waals surface area contributed by atoms with Crippen molar-refractivity contribution in [2.45, 2.75) is 26.9 Å². The number of hydrogen-bond acceptors (Lipinski definition) is 5. The van der Waals surface area contributed by atoms with Crippen molar-refractivity contribution < 1.29 is 23.8 Å². The zero-order valence-corrected chi connectivity index (χ0v) is 17.0. The van der Waals surface area contributed by atoms with E-state index in [4.69, 9.17) is 25.8 Å². The second-order valence-corrected chi connectivity index (χ2v) is 6.91. The van der Waals surface area contributed by atoms with Crippen molar-refractivity contribution >= 4 is 29.5 Å². The van der Waals surface area contributed by atoms with Gasteiger partial charge in [0.05, 0.1) is 5.02 Å². The highest BCUT2D eigenvalue weighted by Gasteiger charge is 2.18. The molecule has 0 radical (unpaired) electrons. The van der Waals surface area contributed by atoms with Gasteiger partial charge in [-0.3, -0.25) is 20.4 Å². The summed E-state index contributed by atoms with van der Waals surface area (Å²) in [5, 5.41) is 0.394. The van der Waals surface area contributed by atoms with Crippen molar-refractivity contribution in [1.29, 1.82) is 0 Å². The van der Waals surface area contributed by atoms with Crippen LogP contribution < -0.4 is 25.1 Å². The van der Waals surface area contributed by atoms with Gasteiger partial charge in [0.25, 0.3) is 11.8 Å². The van der Waals surface area contributed by atoms with Crippen LogP contribution in [-0.4, -0.2) is 24.7 Å². The number of carbonyl (C=O) groups is 2. The number of rotatable bonds is 5. The minimum absolute atomic E-state index is 0.108. The summed E-state index contributed by atoms with van der Waals surface area (Å²) in [4.78, 5) is 24.1. The number of ether oxygens (including phenoxy) is 3. The first-order valence-corrected chi connectivity index (χ1v) is 9.33. The predicted molar refractivity (Wildman–Crippen MR) is 109 cm³/mol. The average Bonchev–Trinajstić information content (AvgIpc) is 3.17. The number of carbonyl (C=O) groups excluding carboxylic acids is 2. The second-order valence-electron chi connectivity index (χ2n) is 6.51. The summed E-state index contributed by atoms with van der Waals surface area (Å²) in [6, 6.07) is 8.97. The number of hydrogen-bond donors (Lipinski definition) is 2. The Balaban J connectivity index is 1.52.